The summed E-state index contributed by atoms with van der Waals surface area (Å²) < 4.78 is 5.37. The van der Waals surface area contributed by atoms with Crippen LogP contribution in [0.25, 0.3) is 11.3 Å². The topological polar surface area (TPSA) is 63.2 Å². The molecular formula is C14H17N5O. The van der Waals surface area contributed by atoms with Crippen molar-refractivity contribution in [2.75, 3.05) is 38.2 Å². The van der Waals surface area contributed by atoms with Crippen LogP contribution in [0, 0.1) is 0 Å². The maximum atomic E-state index is 5.37. The van der Waals surface area contributed by atoms with E-state index in [-0.39, 0.29) is 0 Å². The second-order valence-electron chi connectivity index (χ2n) is 4.58. The average molecular weight is 271 g/mol. The Labute approximate surface area is 117 Å². The first-order chi connectivity index (χ1) is 9.88. The number of nitrogens with one attached hydrogen (secondary N) is 1. The van der Waals surface area contributed by atoms with Gasteiger partial charge in [0, 0.05) is 31.7 Å². The summed E-state index contributed by atoms with van der Waals surface area (Å²) in [5.41, 5.74) is 1.72. The minimum Gasteiger partial charge on any atom is -0.496 e. The molecule has 0 unspecified atom stereocenters. The summed E-state index contributed by atoms with van der Waals surface area (Å²) in [6.07, 6.45) is 1.67. The number of rotatable bonds is 3. The van der Waals surface area contributed by atoms with Gasteiger partial charge in [0.25, 0.3) is 0 Å². The highest BCUT2D eigenvalue weighted by atomic mass is 16.5. The summed E-state index contributed by atoms with van der Waals surface area (Å²) in [4.78, 5) is 6.76. The number of anilines is 1. The summed E-state index contributed by atoms with van der Waals surface area (Å²) in [6.45, 7) is 3.69. The minimum atomic E-state index is 0.676. The van der Waals surface area contributed by atoms with E-state index in [2.05, 4.69) is 25.4 Å². The first-order valence-electron chi connectivity index (χ1n) is 6.67. The summed E-state index contributed by atoms with van der Waals surface area (Å²) in [5, 5.41) is 11.5. The Morgan fingerprint density at radius 1 is 1.20 bits per heavy atom. The zero-order valence-electron chi connectivity index (χ0n) is 11.4. The Morgan fingerprint density at radius 2 is 2.00 bits per heavy atom. The molecule has 0 amide bonds. The maximum Gasteiger partial charge on any atom is 0.245 e. The monoisotopic (exact) mass is 271 g/mol. The number of hydrogen-bond acceptors (Lipinski definition) is 6. The molecule has 1 aromatic heterocycles. The van der Waals surface area contributed by atoms with E-state index in [4.69, 9.17) is 4.74 Å². The van der Waals surface area contributed by atoms with Crippen LogP contribution < -0.4 is 15.0 Å². The van der Waals surface area contributed by atoms with Crippen molar-refractivity contribution in [1.82, 2.24) is 20.5 Å². The Bertz CT molecular complexity index is 583. The van der Waals surface area contributed by atoms with E-state index in [9.17, 15) is 0 Å². The van der Waals surface area contributed by atoms with Gasteiger partial charge < -0.3 is 15.0 Å². The summed E-state index contributed by atoms with van der Waals surface area (Å²) in [5.74, 6) is 1.47. The smallest absolute Gasteiger partial charge is 0.245 e. The van der Waals surface area contributed by atoms with Gasteiger partial charge >= 0.3 is 0 Å². The van der Waals surface area contributed by atoms with Crippen LogP contribution in [0.5, 0.6) is 5.75 Å². The van der Waals surface area contributed by atoms with Gasteiger partial charge in [-0.2, -0.15) is 5.10 Å². The van der Waals surface area contributed by atoms with Crippen LogP contribution in [0.4, 0.5) is 5.95 Å². The molecule has 1 N–H and O–H groups in total. The Morgan fingerprint density at radius 3 is 2.80 bits per heavy atom. The molecule has 104 valence electrons. The van der Waals surface area contributed by atoms with Crippen molar-refractivity contribution in [1.29, 1.82) is 0 Å². The highest BCUT2D eigenvalue weighted by Gasteiger charge is 2.15. The molecule has 1 saturated heterocycles. The van der Waals surface area contributed by atoms with Crippen molar-refractivity contribution in [3.8, 4) is 17.0 Å². The predicted octanol–water partition coefficient (Wildman–Crippen LogP) is 0.957. The van der Waals surface area contributed by atoms with Crippen molar-refractivity contribution in [3.63, 3.8) is 0 Å². The molecule has 1 aliphatic heterocycles. The maximum absolute atomic E-state index is 5.37. The normalized spacial score (nSPS) is 15.2. The van der Waals surface area contributed by atoms with E-state index in [0.717, 1.165) is 43.2 Å². The van der Waals surface area contributed by atoms with Crippen LogP contribution in [-0.2, 0) is 0 Å². The molecule has 20 heavy (non-hydrogen) atoms. The lowest BCUT2D eigenvalue weighted by molar-refractivity contribution is 0.416. The lowest BCUT2D eigenvalue weighted by atomic mass is 10.1. The van der Waals surface area contributed by atoms with E-state index in [1.165, 1.54) is 0 Å². The molecule has 1 aromatic carbocycles. The van der Waals surface area contributed by atoms with Gasteiger partial charge in [-0.05, 0) is 12.1 Å². The first-order valence-corrected chi connectivity index (χ1v) is 6.67. The van der Waals surface area contributed by atoms with Gasteiger partial charge in [0.05, 0.1) is 19.0 Å². The number of hydrogen-bond donors (Lipinski definition) is 1. The number of benzene rings is 1. The third kappa shape index (κ3) is 2.55. The number of piperazine rings is 1. The Balaban J connectivity index is 1.94. The molecule has 1 aliphatic rings. The summed E-state index contributed by atoms with van der Waals surface area (Å²) >= 11 is 0. The molecule has 0 atom stereocenters. The number of ether oxygens (including phenoxy) is 1. The van der Waals surface area contributed by atoms with E-state index in [1.807, 2.05) is 24.3 Å². The van der Waals surface area contributed by atoms with Crippen molar-refractivity contribution in [2.45, 2.75) is 0 Å². The molecule has 2 aromatic rings. The number of nitrogens with zero attached hydrogens (tertiary/aromatic N) is 4. The second kappa shape index (κ2) is 5.83. The van der Waals surface area contributed by atoms with Crippen molar-refractivity contribution < 1.29 is 4.74 Å². The molecule has 0 radical (unpaired) electrons. The molecule has 0 bridgehead atoms. The summed E-state index contributed by atoms with van der Waals surface area (Å²) in [7, 11) is 1.66. The second-order valence-corrected chi connectivity index (χ2v) is 4.58. The molecule has 6 heteroatoms. The quantitative estimate of drug-likeness (QED) is 0.897. The lowest BCUT2D eigenvalue weighted by Gasteiger charge is -2.27. The van der Waals surface area contributed by atoms with Gasteiger partial charge in [-0.3, -0.25) is 0 Å². The average Bonchev–Trinajstić information content (AvgIpc) is 2.56. The van der Waals surface area contributed by atoms with E-state index >= 15 is 0 Å². The third-order valence-electron chi connectivity index (χ3n) is 3.33. The van der Waals surface area contributed by atoms with E-state index in [1.54, 1.807) is 13.3 Å². The highest BCUT2D eigenvalue weighted by Crippen LogP contribution is 2.28. The van der Waals surface area contributed by atoms with Gasteiger partial charge in [-0.1, -0.05) is 12.1 Å². The van der Waals surface area contributed by atoms with Crippen LogP contribution in [0.2, 0.25) is 0 Å². The van der Waals surface area contributed by atoms with Gasteiger partial charge in [0.1, 0.15) is 5.75 Å². The fourth-order valence-corrected chi connectivity index (χ4v) is 2.28. The first kappa shape index (κ1) is 12.8. The van der Waals surface area contributed by atoms with Crippen LogP contribution >= 0.6 is 0 Å². The van der Waals surface area contributed by atoms with Gasteiger partial charge in [-0.25, -0.2) is 4.98 Å². The number of aromatic nitrogens is 3. The molecule has 1 fully saturated rings. The molecule has 0 saturated carbocycles. The molecule has 3 rings (SSSR count). The Kier molecular flexibility index (Phi) is 3.73. The van der Waals surface area contributed by atoms with Gasteiger partial charge in [-0.15, -0.1) is 5.10 Å². The third-order valence-corrected chi connectivity index (χ3v) is 3.33. The Hall–Kier alpha value is -2.21. The lowest BCUT2D eigenvalue weighted by Crippen LogP contribution is -2.44. The number of methoxy groups -OCH3 is 1. The molecule has 6 nitrogen and oxygen atoms in total. The van der Waals surface area contributed by atoms with Crippen LogP contribution in [0.1, 0.15) is 0 Å². The van der Waals surface area contributed by atoms with Crippen LogP contribution in [-0.4, -0.2) is 48.5 Å². The SMILES string of the molecule is COc1ccccc1-c1cnnc(N2CCNCC2)n1. The van der Waals surface area contributed by atoms with E-state index < -0.39 is 0 Å². The van der Waals surface area contributed by atoms with Crippen LogP contribution in [0.3, 0.4) is 0 Å². The van der Waals surface area contributed by atoms with E-state index in [0.29, 0.717) is 5.95 Å². The van der Waals surface area contributed by atoms with Gasteiger partial charge in [0.2, 0.25) is 5.95 Å². The number of para-hydroxylation sites is 1. The fourth-order valence-electron chi connectivity index (χ4n) is 2.28. The fraction of sp³-hybridized carbons (Fsp3) is 0.357. The standard InChI is InChI=1S/C14H17N5O/c1-20-13-5-3-2-4-11(13)12-10-16-18-14(17-12)19-8-6-15-7-9-19/h2-5,10,15H,6-9H2,1H3. The van der Waals surface area contributed by atoms with Crippen molar-refractivity contribution >= 4 is 5.95 Å². The van der Waals surface area contributed by atoms with Gasteiger partial charge in [0.15, 0.2) is 0 Å². The van der Waals surface area contributed by atoms with Crippen molar-refractivity contribution in [2.24, 2.45) is 0 Å². The zero-order chi connectivity index (χ0) is 13.8. The largest absolute Gasteiger partial charge is 0.496 e. The van der Waals surface area contributed by atoms with Crippen molar-refractivity contribution in [3.05, 3.63) is 30.5 Å². The molecule has 0 aliphatic carbocycles. The predicted molar refractivity (Wildman–Crippen MR) is 76.9 cm³/mol. The highest BCUT2D eigenvalue weighted by molar-refractivity contribution is 5.67. The molecule has 2 heterocycles. The molecular weight excluding hydrogens is 254 g/mol. The zero-order valence-corrected chi connectivity index (χ0v) is 11.4. The van der Waals surface area contributed by atoms with Crippen LogP contribution in [0.15, 0.2) is 30.5 Å². The summed E-state index contributed by atoms with van der Waals surface area (Å²) in [6, 6.07) is 7.80. The minimum absolute atomic E-state index is 0.676. The molecule has 0 spiro atoms.